The third kappa shape index (κ3) is 3.14. The van der Waals surface area contributed by atoms with E-state index >= 15 is 0 Å². The monoisotopic (exact) mass is 348 g/mol. The molecule has 3 aromatic heterocycles. The lowest BCUT2D eigenvalue weighted by molar-refractivity contribution is 0.0952. The maximum atomic E-state index is 12.7. The van der Waals surface area contributed by atoms with Gasteiger partial charge in [0.25, 0.3) is 5.91 Å². The Kier molecular flexibility index (Phi) is 4.23. The van der Waals surface area contributed by atoms with Gasteiger partial charge in [-0.25, -0.2) is 0 Å². The number of hydrogen-bond donors (Lipinski definition) is 1. The first-order valence-corrected chi connectivity index (χ1v) is 8.82. The average molecular weight is 348 g/mol. The molecule has 1 amide bonds. The van der Waals surface area contributed by atoms with Gasteiger partial charge in [0.2, 0.25) is 0 Å². The quantitative estimate of drug-likeness (QED) is 0.567. The first-order valence-electron chi connectivity index (χ1n) is 7.94. The van der Waals surface area contributed by atoms with E-state index in [2.05, 4.69) is 17.4 Å². The largest absolute Gasteiger partial charge is 0.467 e. The topological polar surface area (TPSA) is 47.2 Å². The summed E-state index contributed by atoms with van der Waals surface area (Å²) in [6.07, 6.45) is 5.51. The van der Waals surface area contributed by atoms with Crippen molar-refractivity contribution in [1.29, 1.82) is 0 Å². The number of aromatic nitrogens is 1. The Morgan fingerprint density at radius 2 is 1.84 bits per heavy atom. The normalized spacial score (nSPS) is 10.7. The SMILES string of the molecule is O=C(NCc1ccco1)c1scc(-c2ccccc2)c1-n1cccc1. The molecular weight excluding hydrogens is 332 g/mol. The second kappa shape index (κ2) is 6.83. The molecule has 5 heteroatoms. The molecule has 1 N–H and O–H groups in total. The van der Waals surface area contributed by atoms with E-state index in [1.54, 1.807) is 6.26 Å². The summed E-state index contributed by atoms with van der Waals surface area (Å²) in [4.78, 5) is 13.4. The van der Waals surface area contributed by atoms with Crippen molar-refractivity contribution in [2.24, 2.45) is 0 Å². The number of furan rings is 1. The van der Waals surface area contributed by atoms with Crippen LogP contribution in [0.2, 0.25) is 0 Å². The van der Waals surface area contributed by atoms with Crippen LogP contribution in [0.4, 0.5) is 0 Å². The number of hydrogen-bond acceptors (Lipinski definition) is 3. The highest BCUT2D eigenvalue weighted by Crippen LogP contribution is 2.34. The molecule has 4 rings (SSSR count). The van der Waals surface area contributed by atoms with Crippen molar-refractivity contribution < 1.29 is 9.21 Å². The lowest BCUT2D eigenvalue weighted by Gasteiger charge is -2.09. The molecule has 0 aliphatic rings. The van der Waals surface area contributed by atoms with Gasteiger partial charge in [-0.1, -0.05) is 30.3 Å². The molecule has 0 aliphatic carbocycles. The van der Waals surface area contributed by atoms with Crippen LogP contribution in [-0.2, 0) is 6.54 Å². The molecule has 3 heterocycles. The summed E-state index contributed by atoms with van der Waals surface area (Å²) < 4.78 is 7.27. The number of carbonyl (C=O) groups is 1. The molecule has 0 spiro atoms. The van der Waals surface area contributed by atoms with Crippen LogP contribution in [0, 0.1) is 0 Å². The summed E-state index contributed by atoms with van der Waals surface area (Å²) in [5.41, 5.74) is 3.04. The van der Waals surface area contributed by atoms with Crippen molar-refractivity contribution in [3.63, 3.8) is 0 Å². The van der Waals surface area contributed by atoms with E-state index in [9.17, 15) is 4.79 Å². The van der Waals surface area contributed by atoms with E-state index in [0.29, 0.717) is 11.4 Å². The third-order valence-electron chi connectivity index (χ3n) is 3.92. The molecule has 25 heavy (non-hydrogen) atoms. The van der Waals surface area contributed by atoms with Crippen molar-refractivity contribution in [2.45, 2.75) is 6.54 Å². The average Bonchev–Trinajstić information content (AvgIpc) is 3.41. The van der Waals surface area contributed by atoms with Crippen molar-refractivity contribution in [3.05, 3.63) is 89.3 Å². The minimum atomic E-state index is -0.104. The van der Waals surface area contributed by atoms with Crippen LogP contribution in [0.5, 0.6) is 0 Å². The second-order valence-corrected chi connectivity index (χ2v) is 6.43. The minimum absolute atomic E-state index is 0.104. The van der Waals surface area contributed by atoms with E-state index < -0.39 is 0 Å². The maximum Gasteiger partial charge on any atom is 0.263 e. The van der Waals surface area contributed by atoms with Gasteiger partial charge in [0.15, 0.2) is 0 Å². The number of benzene rings is 1. The van der Waals surface area contributed by atoms with Crippen molar-refractivity contribution >= 4 is 17.2 Å². The number of nitrogens with one attached hydrogen (secondary N) is 1. The zero-order valence-electron chi connectivity index (χ0n) is 13.4. The number of thiophene rings is 1. The van der Waals surface area contributed by atoms with Crippen molar-refractivity contribution in [3.8, 4) is 16.8 Å². The molecule has 0 fully saturated rings. The highest BCUT2D eigenvalue weighted by molar-refractivity contribution is 7.13. The fourth-order valence-corrected chi connectivity index (χ4v) is 3.73. The predicted molar refractivity (Wildman–Crippen MR) is 99.0 cm³/mol. The van der Waals surface area contributed by atoms with Crippen LogP contribution in [0.25, 0.3) is 16.8 Å². The molecule has 0 aliphatic heterocycles. The standard InChI is InChI=1S/C20H16N2O2S/c23-20(21-13-16-9-6-12-24-16)19-18(22-10-4-5-11-22)17(14-25-19)15-7-2-1-3-8-15/h1-12,14H,13H2,(H,21,23). The van der Waals surface area contributed by atoms with Gasteiger partial charge < -0.3 is 14.3 Å². The summed E-state index contributed by atoms with van der Waals surface area (Å²) in [5, 5.41) is 4.97. The van der Waals surface area contributed by atoms with Crippen molar-refractivity contribution in [2.75, 3.05) is 0 Å². The van der Waals surface area contributed by atoms with Gasteiger partial charge in [0.05, 0.1) is 18.5 Å². The molecule has 0 atom stereocenters. The van der Waals surface area contributed by atoms with Crippen LogP contribution >= 0.6 is 11.3 Å². The predicted octanol–water partition coefficient (Wildman–Crippen LogP) is 4.73. The van der Waals surface area contributed by atoms with Gasteiger partial charge in [-0.3, -0.25) is 4.79 Å². The van der Waals surface area contributed by atoms with E-state index in [-0.39, 0.29) is 5.91 Å². The molecule has 4 nitrogen and oxygen atoms in total. The van der Waals surface area contributed by atoms with E-state index in [4.69, 9.17) is 4.42 Å². The van der Waals surface area contributed by atoms with Crippen LogP contribution < -0.4 is 5.32 Å². The Morgan fingerprint density at radius 3 is 2.56 bits per heavy atom. The maximum absolute atomic E-state index is 12.7. The Balaban J connectivity index is 1.70. The number of rotatable bonds is 5. The fourth-order valence-electron chi connectivity index (χ4n) is 2.74. The molecular formula is C20H16N2O2S. The summed E-state index contributed by atoms with van der Waals surface area (Å²) in [5.74, 6) is 0.628. The highest BCUT2D eigenvalue weighted by atomic mass is 32.1. The van der Waals surface area contributed by atoms with Gasteiger partial charge in [0, 0.05) is 23.3 Å². The fraction of sp³-hybridized carbons (Fsp3) is 0.0500. The van der Waals surface area contributed by atoms with Gasteiger partial charge in [-0.2, -0.15) is 0 Å². The van der Waals surface area contributed by atoms with Crippen molar-refractivity contribution in [1.82, 2.24) is 9.88 Å². The Hall–Kier alpha value is -3.05. The number of amides is 1. The van der Waals surface area contributed by atoms with Crippen LogP contribution in [0.15, 0.2) is 83.1 Å². The van der Waals surface area contributed by atoms with E-state index in [1.807, 2.05) is 64.8 Å². The van der Waals surface area contributed by atoms with Gasteiger partial charge in [0.1, 0.15) is 10.6 Å². The summed E-state index contributed by atoms with van der Waals surface area (Å²) in [6.45, 7) is 0.371. The number of carbonyl (C=O) groups excluding carboxylic acids is 1. The zero-order chi connectivity index (χ0) is 17.1. The molecule has 0 bridgehead atoms. The molecule has 0 saturated carbocycles. The Bertz CT molecular complexity index is 955. The molecule has 0 radical (unpaired) electrons. The van der Waals surface area contributed by atoms with Crippen LogP contribution in [-0.4, -0.2) is 10.5 Å². The molecule has 124 valence electrons. The lowest BCUT2D eigenvalue weighted by atomic mass is 10.1. The summed E-state index contributed by atoms with van der Waals surface area (Å²) >= 11 is 1.45. The first kappa shape index (κ1) is 15.5. The third-order valence-corrected chi connectivity index (χ3v) is 4.89. The molecule has 0 unspecified atom stereocenters. The van der Waals surface area contributed by atoms with E-state index in [0.717, 1.165) is 22.6 Å². The molecule has 0 saturated heterocycles. The summed E-state index contributed by atoms with van der Waals surface area (Å²) in [6, 6.07) is 17.7. The first-order chi connectivity index (χ1) is 12.3. The lowest BCUT2D eigenvalue weighted by Crippen LogP contribution is -2.22. The number of nitrogens with zero attached hydrogens (tertiary/aromatic N) is 1. The van der Waals surface area contributed by atoms with Gasteiger partial charge in [-0.15, -0.1) is 11.3 Å². The highest BCUT2D eigenvalue weighted by Gasteiger charge is 2.20. The summed E-state index contributed by atoms with van der Waals surface area (Å²) in [7, 11) is 0. The van der Waals surface area contributed by atoms with Gasteiger partial charge in [-0.05, 0) is 29.8 Å². The smallest absolute Gasteiger partial charge is 0.263 e. The van der Waals surface area contributed by atoms with Crippen LogP contribution in [0.3, 0.4) is 0 Å². The Labute approximate surface area is 149 Å². The minimum Gasteiger partial charge on any atom is -0.467 e. The Morgan fingerprint density at radius 1 is 1.04 bits per heavy atom. The second-order valence-electron chi connectivity index (χ2n) is 5.55. The van der Waals surface area contributed by atoms with Gasteiger partial charge >= 0.3 is 0 Å². The zero-order valence-corrected chi connectivity index (χ0v) is 14.2. The van der Waals surface area contributed by atoms with E-state index in [1.165, 1.54) is 11.3 Å². The van der Waals surface area contributed by atoms with Crippen LogP contribution in [0.1, 0.15) is 15.4 Å². The molecule has 1 aromatic carbocycles. The molecule has 4 aromatic rings.